The fourth-order valence-corrected chi connectivity index (χ4v) is 1.83. The predicted molar refractivity (Wildman–Crippen MR) is 82.0 cm³/mol. The quantitative estimate of drug-likeness (QED) is 0.671. The van der Waals surface area contributed by atoms with E-state index in [0.717, 1.165) is 16.8 Å². The average molecular weight is 266 g/mol. The Morgan fingerprint density at radius 3 is 2.30 bits per heavy atom. The Balaban J connectivity index is 2.10. The lowest BCUT2D eigenvalue weighted by molar-refractivity contribution is 0.0954. The highest BCUT2D eigenvalue weighted by Gasteiger charge is 2.06. The van der Waals surface area contributed by atoms with Crippen LogP contribution in [0.3, 0.4) is 0 Å². The minimum absolute atomic E-state index is 0.191. The lowest BCUT2D eigenvalue weighted by atomic mass is 10.1. The highest BCUT2D eigenvalue weighted by molar-refractivity contribution is 6.00. The van der Waals surface area contributed by atoms with E-state index in [1.165, 1.54) is 5.56 Å². The molecule has 0 spiro atoms. The molecule has 20 heavy (non-hydrogen) atoms. The number of rotatable bonds is 3. The summed E-state index contributed by atoms with van der Waals surface area (Å²) >= 11 is 0. The first-order chi connectivity index (χ1) is 9.58. The van der Waals surface area contributed by atoms with Gasteiger partial charge < -0.3 is 0 Å². The summed E-state index contributed by atoms with van der Waals surface area (Å²) in [5, 5.41) is 4.14. The maximum Gasteiger partial charge on any atom is 0.271 e. The monoisotopic (exact) mass is 266 g/mol. The van der Waals surface area contributed by atoms with Crippen molar-refractivity contribution in [1.29, 1.82) is 0 Å². The van der Waals surface area contributed by atoms with Crippen molar-refractivity contribution in [3.05, 3.63) is 70.8 Å². The van der Waals surface area contributed by atoms with Crippen molar-refractivity contribution in [3.63, 3.8) is 0 Å². The molecular formula is C17H18N2O. The Morgan fingerprint density at radius 2 is 1.65 bits per heavy atom. The van der Waals surface area contributed by atoms with E-state index >= 15 is 0 Å². The smallest absolute Gasteiger partial charge is 0.267 e. The Morgan fingerprint density at radius 1 is 0.950 bits per heavy atom. The van der Waals surface area contributed by atoms with Crippen LogP contribution >= 0.6 is 0 Å². The number of nitrogens with zero attached hydrogens (tertiary/aromatic N) is 1. The average Bonchev–Trinajstić information content (AvgIpc) is 2.48. The second-order valence-electron chi connectivity index (χ2n) is 4.80. The largest absolute Gasteiger partial charge is 0.271 e. The van der Waals surface area contributed by atoms with E-state index in [1.807, 2.05) is 69.3 Å². The van der Waals surface area contributed by atoms with E-state index in [2.05, 4.69) is 10.5 Å². The molecule has 2 aromatic rings. The number of amides is 1. The maximum atomic E-state index is 12.0. The van der Waals surface area contributed by atoms with E-state index in [4.69, 9.17) is 0 Å². The molecule has 1 N–H and O–H groups in total. The summed E-state index contributed by atoms with van der Waals surface area (Å²) in [6, 6.07) is 15.4. The summed E-state index contributed by atoms with van der Waals surface area (Å²) in [6.07, 6.45) is 0. The molecule has 0 atom stereocenters. The van der Waals surface area contributed by atoms with Gasteiger partial charge in [0.1, 0.15) is 0 Å². The Kier molecular flexibility index (Phi) is 4.31. The van der Waals surface area contributed by atoms with Crippen LogP contribution in [0.2, 0.25) is 0 Å². The van der Waals surface area contributed by atoms with Gasteiger partial charge >= 0.3 is 0 Å². The van der Waals surface area contributed by atoms with Crippen LogP contribution in [0.15, 0.2) is 53.6 Å². The van der Waals surface area contributed by atoms with E-state index in [9.17, 15) is 4.79 Å². The summed E-state index contributed by atoms with van der Waals surface area (Å²) < 4.78 is 0. The normalized spacial score (nSPS) is 11.2. The van der Waals surface area contributed by atoms with Gasteiger partial charge in [-0.3, -0.25) is 4.79 Å². The molecule has 0 unspecified atom stereocenters. The van der Waals surface area contributed by atoms with Crippen molar-refractivity contribution in [2.24, 2.45) is 5.10 Å². The topological polar surface area (TPSA) is 41.5 Å². The third-order valence-corrected chi connectivity index (χ3v) is 3.29. The number of benzene rings is 2. The predicted octanol–water partition coefficient (Wildman–Crippen LogP) is 3.46. The van der Waals surface area contributed by atoms with E-state index in [0.29, 0.717) is 5.56 Å². The second-order valence-corrected chi connectivity index (χ2v) is 4.80. The molecular weight excluding hydrogens is 248 g/mol. The minimum atomic E-state index is -0.191. The second kappa shape index (κ2) is 6.15. The van der Waals surface area contributed by atoms with Crippen molar-refractivity contribution in [3.8, 4) is 0 Å². The van der Waals surface area contributed by atoms with E-state index in [1.54, 1.807) is 0 Å². The highest BCUT2D eigenvalue weighted by Crippen LogP contribution is 2.09. The Bertz CT molecular complexity index is 645. The van der Waals surface area contributed by atoms with E-state index in [-0.39, 0.29) is 5.91 Å². The van der Waals surface area contributed by atoms with Gasteiger partial charge in [-0.1, -0.05) is 36.4 Å². The van der Waals surface area contributed by atoms with Gasteiger partial charge in [-0.25, -0.2) is 5.43 Å². The number of carbonyl (C=O) groups excluding carboxylic acids is 1. The number of hydrogen-bond acceptors (Lipinski definition) is 2. The van der Waals surface area contributed by atoms with Gasteiger partial charge in [0.15, 0.2) is 0 Å². The van der Waals surface area contributed by atoms with Crippen LogP contribution in [0.25, 0.3) is 0 Å². The fourth-order valence-electron chi connectivity index (χ4n) is 1.83. The highest BCUT2D eigenvalue weighted by atomic mass is 16.2. The molecule has 0 aliphatic heterocycles. The van der Waals surface area contributed by atoms with Crippen LogP contribution in [0.5, 0.6) is 0 Å². The maximum absolute atomic E-state index is 12.0. The lowest BCUT2D eigenvalue weighted by Crippen LogP contribution is -2.19. The standard InChI is InChI=1S/C17H18N2O/c1-12-9-10-16(11-13(12)2)17(20)19-18-14(3)15-7-5-4-6-8-15/h4-11H,1-3H3,(H,19,20)/b18-14+. The minimum Gasteiger partial charge on any atom is -0.267 e. The molecule has 3 nitrogen and oxygen atoms in total. The fraction of sp³-hybridized carbons (Fsp3) is 0.176. The first-order valence-electron chi connectivity index (χ1n) is 6.55. The first-order valence-corrected chi connectivity index (χ1v) is 6.55. The zero-order valence-electron chi connectivity index (χ0n) is 12.0. The summed E-state index contributed by atoms with van der Waals surface area (Å²) in [5.74, 6) is -0.191. The molecule has 1 amide bonds. The zero-order valence-corrected chi connectivity index (χ0v) is 12.0. The molecule has 2 aromatic carbocycles. The lowest BCUT2D eigenvalue weighted by Gasteiger charge is -2.05. The Labute approximate surface area is 119 Å². The molecule has 0 bridgehead atoms. The van der Waals surface area contributed by atoms with Crippen molar-refractivity contribution in [2.45, 2.75) is 20.8 Å². The van der Waals surface area contributed by atoms with Crippen LogP contribution < -0.4 is 5.43 Å². The van der Waals surface area contributed by atoms with Crippen LogP contribution in [-0.4, -0.2) is 11.6 Å². The molecule has 0 radical (unpaired) electrons. The van der Waals surface area contributed by atoms with Crippen molar-refractivity contribution in [1.82, 2.24) is 5.43 Å². The van der Waals surface area contributed by atoms with Crippen LogP contribution in [0.1, 0.15) is 34.0 Å². The van der Waals surface area contributed by atoms with E-state index < -0.39 is 0 Å². The van der Waals surface area contributed by atoms with Gasteiger partial charge in [0.05, 0.1) is 5.71 Å². The van der Waals surface area contributed by atoms with Gasteiger partial charge in [0, 0.05) is 5.56 Å². The van der Waals surface area contributed by atoms with Gasteiger partial charge in [-0.05, 0) is 49.6 Å². The molecule has 0 fully saturated rings. The van der Waals surface area contributed by atoms with Crippen molar-refractivity contribution in [2.75, 3.05) is 0 Å². The molecule has 0 aromatic heterocycles. The summed E-state index contributed by atoms with van der Waals surface area (Å²) in [7, 11) is 0. The number of hydrazone groups is 1. The molecule has 0 saturated carbocycles. The van der Waals surface area contributed by atoms with Crippen LogP contribution in [-0.2, 0) is 0 Å². The number of hydrogen-bond donors (Lipinski definition) is 1. The molecule has 0 aliphatic carbocycles. The van der Waals surface area contributed by atoms with Crippen molar-refractivity contribution < 1.29 is 4.79 Å². The van der Waals surface area contributed by atoms with Gasteiger partial charge in [0.2, 0.25) is 0 Å². The molecule has 2 rings (SSSR count). The van der Waals surface area contributed by atoms with Gasteiger partial charge in [-0.15, -0.1) is 0 Å². The van der Waals surface area contributed by atoms with Crippen molar-refractivity contribution >= 4 is 11.6 Å². The summed E-state index contributed by atoms with van der Waals surface area (Å²) in [5.41, 5.74) is 7.26. The van der Waals surface area contributed by atoms with Crippen LogP contribution in [0, 0.1) is 13.8 Å². The number of nitrogens with one attached hydrogen (secondary N) is 1. The third kappa shape index (κ3) is 3.32. The Hall–Kier alpha value is -2.42. The molecule has 0 saturated heterocycles. The SMILES string of the molecule is C/C(=N\NC(=O)c1ccc(C)c(C)c1)c1ccccc1. The zero-order chi connectivity index (χ0) is 14.5. The molecule has 0 aliphatic rings. The van der Waals surface area contributed by atoms with Gasteiger partial charge in [-0.2, -0.15) is 5.10 Å². The number of carbonyl (C=O) groups is 1. The van der Waals surface area contributed by atoms with Crippen LogP contribution in [0.4, 0.5) is 0 Å². The molecule has 102 valence electrons. The van der Waals surface area contributed by atoms with Gasteiger partial charge in [0.25, 0.3) is 5.91 Å². The third-order valence-electron chi connectivity index (χ3n) is 3.29. The molecule has 0 heterocycles. The summed E-state index contributed by atoms with van der Waals surface area (Å²) in [4.78, 5) is 12.0. The summed E-state index contributed by atoms with van der Waals surface area (Å²) in [6.45, 7) is 5.88. The molecule has 3 heteroatoms. The first kappa shape index (κ1) is 14.0. The number of aryl methyl sites for hydroxylation is 2.